The first-order chi connectivity index (χ1) is 13.0. The van der Waals surface area contributed by atoms with Gasteiger partial charge in [-0.1, -0.05) is 34.5 Å². The maximum absolute atomic E-state index is 11.7. The molecule has 0 spiro atoms. The van der Waals surface area contributed by atoms with Crippen molar-refractivity contribution in [3.8, 4) is 5.75 Å². The lowest BCUT2D eigenvalue weighted by molar-refractivity contribution is 0.0535. The molecule has 1 aromatic carbocycles. The van der Waals surface area contributed by atoms with Crippen LogP contribution in [-0.2, 0) is 14.9 Å². The molecule has 1 aliphatic rings. The zero-order chi connectivity index (χ0) is 19.4. The van der Waals surface area contributed by atoms with E-state index in [1.54, 1.807) is 7.11 Å². The average Bonchev–Trinajstić information content (AvgIpc) is 3.07. The summed E-state index contributed by atoms with van der Waals surface area (Å²) in [6, 6.07) is 5.64. The highest BCUT2D eigenvalue weighted by molar-refractivity contribution is 7.18. The van der Waals surface area contributed by atoms with Crippen molar-refractivity contribution in [2.45, 2.75) is 18.3 Å². The van der Waals surface area contributed by atoms with Crippen LogP contribution in [0, 0.1) is 0 Å². The SMILES string of the molecule is COC(=O)c1sc(NCC2(c3cc(Cl)ccc3OC)CCOCC2)nc1Cl. The van der Waals surface area contributed by atoms with Gasteiger partial charge in [0.15, 0.2) is 15.2 Å². The van der Waals surface area contributed by atoms with Crippen molar-refractivity contribution < 1.29 is 19.0 Å². The molecule has 1 aliphatic heterocycles. The topological polar surface area (TPSA) is 69.7 Å². The number of carbonyl (C=O) groups excluding carboxylic acids is 1. The van der Waals surface area contributed by atoms with Crippen LogP contribution < -0.4 is 10.1 Å². The van der Waals surface area contributed by atoms with Gasteiger partial charge in [-0.05, 0) is 31.0 Å². The summed E-state index contributed by atoms with van der Waals surface area (Å²) in [6.45, 7) is 1.87. The summed E-state index contributed by atoms with van der Waals surface area (Å²) < 4.78 is 15.9. The fraction of sp³-hybridized carbons (Fsp3) is 0.444. The first-order valence-corrected chi connectivity index (χ1v) is 9.96. The molecule has 0 bridgehead atoms. The van der Waals surface area contributed by atoms with Crippen LogP contribution in [0.4, 0.5) is 5.13 Å². The molecule has 27 heavy (non-hydrogen) atoms. The van der Waals surface area contributed by atoms with E-state index in [-0.39, 0.29) is 15.4 Å². The van der Waals surface area contributed by atoms with Crippen LogP contribution in [0.5, 0.6) is 5.75 Å². The van der Waals surface area contributed by atoms with Gasteiger partial charge < -0.3 is 19.5 Å². The van der Waals surface area contributed by atoms with E-state index in [1.165, 1.54) is 18.4 Å². The summed E-state index contributed by atoms with van der Waals surface area (Å²) in [6.07, 6.45) is 1.61. The minimum atomic E-state index is -0.497. The lowest BCUT2D eigenvalue weighted by Crippen LogP contribution is -2.40. The van der Waals surface area contributed by atoms with E-state index >= 15 is 0 Å². The van der Waals surface area contributed by atoms with Crippen molar-refractivity contribution >= 4 is 45.6 Å². The predicted octanol–water partition coefficient (Wildman–Crippen LogP) is 4.41. The number of hydrogen-bond donors (Lipinski definition) is 1. The molecule has 0 unspecified atom stereocenters. The number of methoxy groups -OCH3 is 2. The third-order valence-corrected chi connectivity index (χ3v) is 6.33. The molecule has 0 aliphatic carbocycles. The average molecular weight is 431 g/mol. The first-order valence-electron chi connectivity index (χ1n) is 8.39. The second kappa shape index (κ2) is 8.65. The van der Waals surface area contributed by atoms with Crippen LogP contribution in [-0.4, -0.2) is 44.9 Å². The van der Waals surface area contributed by atoms with E-state index in [0.717, 1.165) is 24.2 Å². The van der Waals surface area contributed by atoms with E-state index in [9.17, 15) is 4.79 Å². The third kappa shape index (κ3) is 4.32. The summed E-state index contributed by atoms with van der Waals surface area (Å²) in [4.78, 5) is 16.3. The van der Waals surface area contributed by atoms with Crippen molar-refractivity contribution in [2.75, 3.05) is 39.3 Å². The van der Waals surface area contributed by atoms with Crippen LogP contribution in [0.25, 0.3) is 0 Å². The highest BCUT2D eigenvalue weighted by Gasteiger charge is 2.37. The highest BCUT2D eigenvalue weighted by Crippen LogP contribution is 2.41. The summed E-state index contributed by atoms with van der Waals surface area (Å²) in [5.74, 6) is 0.290. The standard InChI is InChI=1S/C18H20Cl2N2O4S/c1-24-13-4-3-11(19)9-12(13)18(5-7-26-8-6-18)10-21-17-22-15(20)14(27-17)16(23)25-2/h3-4,9H,5-8,10H2,1-2H3,(H,21,22). The summed E-state index contributed by atoms with van der Waals surface area (Å²) >= 11 is 13.5. The minimum absolute atomic E-state index is 0.135. The van der Waals surface area contributed by atoms with Crippen molar-refractivity contribution in [1.82, 2.24) is 4.98 Å². The van der Waals surface area contributed by atoms with Gasteiger partial charge in [0, 0.05) is 35.8 Å². The van der Waals surface area contributed by atoms with Gasteiger partial charge in [0.2, 0.25) is 0 Å². The van der Waals surface area contributed by atoms with E-state index in [2.05, 4.69) is 10.3 Å². The molecule has 2 heterocycles. The second-order valence-electron chi connectivity index (χ2n) is 6.22. The van der Waals surface area contributed by atoms with Gasteiger partial charge in [-0.15, -0.1) is 0 Å². The van der Waals surface area contributed by atoms with Gasteiger partial charge in [0.25, 0.3) is 0 Å². The van der Waals surface area contributed by atoms with Crippen molar-refractivity contribution in [3.63, 3.8) is 0 Å². The number of rotatable bonds is 6. The number of halogens is 2. The smallest absolute Gasteiger partial charge is 0.351 e. The lowest BCUT2D eigenvalue weighted by Gasteiger charge is -2.38. The summed E-state index contributed by atoms with van der Waals surface area (Å²) in [5, 5.41) is 4.68. The van der Waals surface area contributed by atoms with Gasteiger partial charge in [0.1, 0.15) is 5.75 Å². The van der Waals surface area contributed by atoms with Gasteiger partial charge in [-0.25, -0.2) is 9.78 Å². The van der Waals surface area contributed by atoms with E-state index in [4.69, 9.17) is 37.4 Å². The van der Waals surface area contributed by atoms with Crippen LogP contribution >= 0.6 is 34.5 Å². The molecule has 0 atom stereocenters. The number of thiazole rings is 1. The lowest BCUT2D eigenvalue weighted by atomic mass is 9.73. The number of aromatic nitrogens is 1. The predicted molar refractivity (Wildman–Crippen MR) is 107 cm³/mol. The Morgan fingerprint density at radius 2 is 2.07 bits per heavy atom. The van der Waals surface area contributed by atoms with E-state index in [0.29, 0.717) is 29.9 Å². The molecule has 1 aromatic heterocycles. The number of ether oxygens (including phenoxy) is 3. The molecule has 0 amide bonds. The number of benzene rings is 1. The Balaban J connectivity index is 1.88. The Labute approximate surface area is 171 Å². The summed E-state index contributed by atoms with van der Waals surface area (Å²) in [5.41, 5.74) is 0.794. The van der Waals surface area contributed by atoms with Crippen molar-refractivity contribution in [1.29, 1.82) is 0 Å². The molecule has 2 aromatic rings. The molecule has 0 radical (unpaired) electrons. The molecule has 0 saturated carbocycles. The number of nitrogens with one attached hydrogen (secondary N) is 1. The van der Waals surface area contributed by atoms with Gasteiger partial charge in [-0.2, -0.15) is 0 Å². The Morgan fingerprint density at radius 3 is 2.74 bits per heavy atom. The normalized spacial score (nSPS) is 16.0. The fourth-order valence-corrected chi connectivity index (χ4v) is 4.51. The quantitative estimate of drug-likeness (QED) is 0.684. The Bertz CT molecular complexity index is 822. The zero-order valence-electron chi connectivity index (χ0n) is 15.0. The van der Waals surface area contributed by atoms with Crippen LogP contribution in [0.15, 0.2) is 18.2 Å². The van der Waals surface area contributed by atoms with Gasteiger partial charge >= 0.3 is 5.97 Å². The molecule has 146 valence electrons. The minimum Gasteiger partial charge on any atom is -0.496 e. The van der Waals surface area contributed by atoms with Crippen LogP contribution in [0.1, 0.15) is 28.1 Å². The van der Waals surface area contributed by atoms with Gasteiger partial charge in [-0.3, -0.25) is 0 Å². The molecule has 9 heteroatoms. The molecular formula is C18H20Cl2N2O4S. The highest BCUT2D eigenvalue weighted by atomic mass is 35.5. The number of carbonyl (C=O) groups is 1. The van der Waals surface area contributed by atoms with Crippen LogP contribution in [0.3, 0.4) is 0 Å². The maximum Gasteiger partial charge on any atom is 0.351 e. The second-order valence-corrected chi connectivity index (χ2v) is 8.01. The zero-order valence-corrected chi connectivity index (χ0v) is 17.3. The van der Waals surface area contributed by atoms with E-state index < -0.39 is 5.97 Å². The Hall–Kier alpha value is -1.54. The number of anilines is 1. The fourth-order valence-electron chi connectivity index (χ4n) is 3.24. The monoisotopic (exact) mass is 430 g/mol. The molecule has 1 fully saturated rings. The Morgan fingerprint density at radius 1 is 1.33 bits per heavy atom. The van der Waals surface area contributed by atoms with E-state index in [1.807, 2.05) is 18.2 Å². The number of hydrogen-bond acceptors (Lipinski definition) is 7. The molecular weight excluding hydrogens is 411 g/mol. The maximum atomic E-state index is 11.7. The Kier molecular flexibility index (Phi) is 6.47. The summed E-state index contributed by atoms with van der Waals surface area (Å²) in [7, 11) is 2.96. The molecule has 1 N–H and O–H groups in total. The third-order valence-electron chi connectivity index (χ3n) is 4.72. The van der Waals surface area contributed by atoms with Crippen molar-refractivity contribution in [2.24, 2.45) is 0 Å². The molecule has 6 nitrogen and oxygen atoms in total. The van der Waals surface area contributed by atoms with Crippen molar-refractivity contribution in [3.05, 3.63) is 38.8 Å². The van der Waals surface area contributed by atoms with Gasteiger partial charge in [0.05, 0.1) is 14.2 Å². The number of esters is 1. The first kappa shape index (κ1) is 20.2. The largest absolute Gasteiger partial charge is 0.496 e. The van der Waals surface area contributed by atoms with Crippen LogP contribution in [0.2, 0.25) is 10.2 Å². The number of nitrogens with zero attached hydrogens (tertiary/aromatic N) is 1. The molecule has 3 rings (SSSR count). The molecule has 1 saturated heterocycles.